The van der Waals surface area contributed by atoms with Gasteiger partial charge in [-0.15, -0.1) is 11.3 Å². The zero-order valence-corrected chi connectivity index (χ0v) is 18.3. The molecule has 2 amide bonds. The molecule has 7 nitrogen and oxygen atoms in total. The Labute approximate surface area is 172 Å². The summed E-state index contributed by atoms with van der Waals surface area (Å²) in [5.41, 5.74) is 5.65. The lowest BCUT2D eigenvalue weighted by molar-refractivity contribution is -0.132. The number of carbonyl (C=O) groups excluding carboxylic acids is 2. The van der Waals surface area contributed by atoms with Crippen LogP contribution in [-0.4, -0.2) is 46.9 Å². The molecule has 1 saturated carbocycles. The summed E-state index contributed by atoms with van der Waals surface area (Å²) in [6, 6.07) is -0.546. The summed E-state index contributed by atoms with van der Waals surface area (Å²) in [5, 5.41) is 6.45. The second-order valence-electron chi connectivity index (χ2n) is 8.12. The second-order valence-corrected chi connectivity index (χ2v) is 9.27. The fourth-order valence-corrected chi connectivity index (χ4v) is 4.24. The monoisotopic (exact) mass is 409 g/mol. The summed E-state index contributed by atoms with van der Waals surface area (Å²) in [7, 11) is 1.93. The third-order valence-electron chi connectivity index (χ3n) is 5.74. The zero-order valence-electron chi connectivity index (χ0n) is 17.5. The van der Waals surface area contributed by atoms with E-state index in [-0.39, 0.29) is 23.9 Å². The van der Waals surface area contributed by atoms with Gasteiger partial charge >= 0.3 is 0 Å². The summed E-state index contributed by atoms with van der Waals surface area (Å²) < 4.78 is 0. The van der Waals surface area contributed by atoms with Crippen LogP contribution in [0.5, 0.6) is 0 Å². The normalized spacial score (nSPS) is 17.5. The highest BCUT2D eigenvalue weighted by atomic mass is 32.1. The Hall–Kier alpha value is -1.67. The highest BCUT2D eigenvalue weighted by molar-refractivity contribution is 7.15. The molecular formula is C20H35N5O2S. The Morgan fingerprint density at radius 1 is 1.25 bits per heavy atom. The summed E-state index contributed by atoms with van der Waals surface area (Å²) >= 11 is 1.36. The van der Waals surface area contributed by atoms with Crippen LogP contribution < -0.4 is 16.4 Å². The van der Waals surface area contributed by atoms with E-state index in [4.69, 9.17) is 5.73 Å². The lowest BCUT2D eigenvalue weighted by atomic mass is 9.84. The minimum atomic E-state index is -0.510. The van der Waals surface area contributed by atoms with Gasteiger partial charge in [-0.2, -0.15) is 0 Å². The number of rotatable bonds is 9. The van der Waals surface area contributed by atoms with Crippen LogP contribution in [0, 0.1) is 5.92 Å². The third-order valence-corrected chi connectivity index (χ3v) is 6.57. The van der Waals surface area contributed by atoms with Crippen LogP contribution >= 0.6 is 11.3 Å². The number of nitrogen functional groups attached to an aromatic ring is 1. The summed E-state index contributed by atoms with van der Waals surface area (Å²) in [6.45, 7) is 6.37. The Kier molecular flexibility index (Phi) is 8.69. The minimum absolute atomic E-state index is 0.103. The van der Waals surface area contributed by atoms with Crippen LogP contribution in [0.4, 0.5) is 5.13 Å². The van der Waals surface area contributed by atoms with Crippen LogP contribution in [-0.2, 0) is 16.1 Å². The van der Waals surface area contributed by atoms with E-state index in [9.17, 15) is 9.59 Å². The molecule has 4 N–H and O–H groups in total. The maximum absolute atomic E-state index is 12.9. The number of hydrogen-bond donors (Lipinski definition) is 3. The average Bonchev–Trinajstić information content (AvgIpc) is 3.10. The molecule has 0 aromatic carbocycles. The smallest absolute Gasteiger partial charge is 0.242 e. The first kappa shape index (κ1) is 22.6. The number of aromatic nitrogens is 1. The zero-order chi connectivity index (χ0) is 20.7. The highest BCUT2D eigenvalue weighted by Gasteiger charge is 2.29. The average molecular weight is 410 g/mol. The van der Waals surface area contributed by atoms with Crippen LogP contribution in [0.3, 0.4) is 0 Å². The van der Waals surface area contributed by atoms with Gasteiger partial charge in [0.2, 0.25) is 11.8 Å². The van der Waals surface area contributed by atoms with Gasteiger partial charge < -0.3 is 16.4 Å². The maximum Gasteiger partial charge on any atom is 0.242 e. The third kappa shape index (κ3) is 6.74. The Morgan fingerprint density at radius 2 is 1.93 bits per heavy atom. The number of amides is 2. The number of thiazole rings is 1. The highest BCUT2D eigenvalue weighted by Crippen LogP contribution is 2.27. The first-order valence-electron chi connectivity index (χ1n) is 10.3. The molecule has 2 atom stereocenters. The van der Waals surface area contributed by atoms with E-state index in [1.54, 1.807) is 6.20 Å². The number of nitrogens with zero attached hydrogens (tertiary/aromatic N) is 2. The lowest BCUT2D eigenvalue weighted by Gasteiger charge is -2.31. The van der Waals surface area contributed by atoms with Gasteiger partial charge in [0, 0.05) is 17.1 Å². The molecule has 8 heteroatoms. The first-order valence-corrected chi connectivity index (χ1v) is 11.1. The van der Waals surface area contributed by atoms with E-state index in [1.165, 1.54) is 30.6 Å². The molecule has 0 bridgehead atoms. The lowest BCUT2D eigenvalue weighted by Crippen LogP contribution is -2.53. The van der Waals surface area contributed by atoms with Gasteiger partial charge in [-0.25, -0.2) is 4.98 Å². The fourth-order valence-electron chi connectivity index (χ4n) is 3.61. The number of hydrogen-bond acceptors (Lipinski definition) is 6. The van der Waals surface area contributed by atoms with Gasteiger partial charge in [0.05, 0.1) is 12.6 Å². The van der Waals surface area contributed by atoms with E-state index >= 15 is 0 Å². The molecule has 0 spiro atoms. The van der Waals surface area contributed by atoms with Crippen LogP contribution in [0.1, 0.15) is 64.2 Å². The quantitative estimate of drug-likeness (QED) is 0.582. The minimum Gasteiger partial charge on any atom is -0.375 e. The molecule has 158 valence electrons. The van der Waals surface area contributed by atoms with Crippen molar-refractivity contribution in [3.05, 3.63) is 11.1 Å². The van der Waals surface area contributed by atoms with E-state index in [0.717, 1.165) is 17.7 Å². The molecular weight excluding hydrogens is 374 g/mol. The second kappa shape index (κ2) is 10.8. The number of nitrogens with two attached hydrogens (primary N) is 1. The molecule has 1 aliphatic carbocycles. The summed E-state index contributed by atoms with van der Waals surface area (Å²) in [5.74, 6) is 0.251. The van der Waals surface area contributed by atoms with Gasteiger partial charge in [0.1, 0.15) is 6.04 Å². The van der Waals surface area contributed by atoms with Crippen molar-refractivity contribution >= 4 is 28.3 Å². The number of nitrogens with one attached hydrogen (secondary N) is 2. The fraction of sp³-hybridized carbons (Fsp3) is 0.750. The molecule has 2 rings (SSSR count). The number of carbonyl (C=O) groups is 2. The molecule has 0 unspecified atom stereocenters. The Bertz CT molecular complexity index is 642. The Morgan fingerprint density at radius 3 is 2.50 bits per heavy atom. The van der Waals surface area contributed by atoms with Gasteiger partial charge in [0.15, 0.2) is 5.13 Å². The summed E-state index contributed by atoms with van der Waals surface area (Å²) in [6.07, 6.45) is 8.32. The van der Waals surface area contributed by atoms with Crippen molar-refractivity contribution in [3.8, 4) is 0 Å². The van der Waals surface area contributed by atoms with Crippen molar-refractivity contribution < 1.29 is 9.59 Å². The molecule has 1 aliphatic rings. The van der Waals surface area contributed by atoms with Crippen LogP contribution in [0.2, 0.25) is 0 Å². The predicted octanol–water partition coefficient (Wildman–Crippen LogP) is 2.53. The first-order chi connectivity index (χ1) is 13.3. The molecule has 28 heavy (non-hydrogen) atoms. The molecule has 1 aromatic heterocycles. The molecule has 0 aliphatic heterocycles. The number of likely N-dealkylation sites (N-methyl/N-ethyl adjacent to an activating group) is 1. The van der Waals surface area contributed by atoms with Crippen molar-refractivity contribution in [1.29, 1.82) is 0 Å². The molecule has 1 aromatic rings. The van der Waals surface area contributed by atoms with Crippen molar-refractivity contribution in [2.45, 2.75) is 84.0 Å². The van der Waals surface area contributed by atoms with Crippen molar-refractivity contribution in [3.63, 3.8) is 0 Å². The topological polar surface area (TPSA) is 100 Å². The molecule has 0 radical (unpaired) electrons. The molecule has 1 fully saturated rings. The van der Waals surface area contributed by atoms with E-state index in [1.807, 2.05) is 18.9 Å². The van der Waals surface area contributed by atoms with E-state index < -0.39 is 6.04 Å². The summed E-state index contributed by atoms with van der Waals surface area (Å²) in [4.78, 5) is 32.6. The van der Waals surface area contributed by atoms with Gasteiger partial charge in [0.25, 0.3) is 0 Å². The van der Waals surface area contributed by atoms with Crippen molar-refractivity contribution in [1.82, 2.24) is 20.5 Å². The number of anilines is 1. The van der Waals surface area contributed by atoms with Gasteiger partial charge in [-0.1, -0.05) is 32.1 Å². The standard InChI is InChI=1S/C20H35N5O2S/c1-13(2)25(4)14(3)18(26)24-17(10-15-8-6-5-7-9-15)19(27)22-11-16-12-23-20(21)28-16/h12-15,17H,5-11H2,1-4H3,(H2,21,23)(H,22,27)(H,24,26)/t14-,17-/m0/s1. The molecule has 1 heterocycles. The van der Waals surface area contributed by atoms with E-state index in [0.29, 0.717) is 24.0 Å². The maximum atomic E-state index is 12.9. The van der Waals surface area contributed by atoms with Crippen molar-refractivity contribution in [2.75, 3.05) is 12.8 Å². The largest absolute Gasteiger partial charge is 0.375 e. The Balaban J connectivity index is 2.00. The SMILES string of the molecule is CC(C)N(C)[C@@H](C)C(=O)N[C@@H](CC1CCCCC1)C(=O)NCc1cnc(N)s1. The predicted molar refractivity (Wildman–Crippen MR) is 114 cm³/mol. The van der Waals surface area contributed by atoms with E-state index in [2.05, 4.69) is 29.5 Å². The van der Waals surface area contributed by atoms with Gasteiger partial charge in [-0.05, 0) is 40.2 Å². The van der Waals surface area contributed by atoms with Crippen molar-refractivity contribution in [2.24, 2.45) is 5.92 Å². The molecule has 0 saturated heterocycles. The van der Waals surface area contributed by atoms with Crippen LogP contribution in [0.15, 0.2) is 6.20 Å². The van der Waals surface area contributed by atoms with Crippen LogP contribution in [0.25, 0.3) is 0 Å². The van der Waals surface area contributed by atoms with Gasteiger partial charge in [-0.3, -0.25) is 14.5 Å².